The van der Waals surface area contributed by atoms with Crippen LogP contribution in [0.15, 0.2) is 6.33 Å². The summed E-state index contributed by atoms with van der Waals surface area (Å²) in [5.74, 6) is -4.68. The molecule has 21 heavy (non-hydrogen) atoms. The fourth-order valence-electron chi connectivity index (χ4n) is 1.82. The van der Waals surface area contributed by atoms with Gasteiger partial charge in [-0.3, -0.25) is 10.1 Å². The first kappa shape index (κ1) is 15.2. The molecule has 1 fully saturated rings. The number of alkyl halides is 2. The Morgan fingerprint density at radius 2 is 2.24 bits per heavy atom. The van der Waals surface area contributed by atoms with E-state index in [1.165, 1.54) is 0 Å². The van der Waals surface area contributed by atoms with E-state index in [2.05, 4.69) is 15.3 Å². The molecule has 3 unspecified atom stereocenters. The van der Waals surface area contributed by atoms with Gasteiger partial charge in [0.05, 0.1) is 11.5 Å². The molecular formula is C9H11F2N5O5. The summed E-state index contributed by atoms with van der Waals surface area (Å²) in [6.07, 6.45) is -5.09. The molecule has 1 aliphatic rings. The smallest absolute Gasteiger partial charge is 0.353 e. The van der Waals surface area contributed by atoms with Crippen molar-refractivity contribution in [2.75, 3.05) is 17.7 Å². The molecule has 1 aromatic rings. The molecule has 1 aliphatic heterocycles. The maximum Gasteiger partial charge on any atom is 0.353 e. The lowest BCUT2D eigenvalue weighted by atomic mass is 10.1. The monoisotopic (exact) mass is 307 g/mol. The van der Waals surface area contributed by atoms with Gasteiger partial charge < -0.3 is 26.0 Å². The van der Waals surface area contributed by atoms with Crippen molar-refractivity contribution in [3.63, 3.8) is 0 Å². The molecule has 3 atom stereocenters. The molecule has 0 aliphatic carbocycles. The molecule has 116 valence electrons. The number of aromatic nitrogens is 2. The zero-order chi connectivity index (χ0) is 15.8. The maximum absolute atomic E-state index is 13.5. The molecule has 2 heterocycles. The van der Waals surface area contributed by atoms with Gasteiger partial charge in [-0.05, 0) is 0 Å². The normalized spacial score (nSPS) is 27.5. The number of nitro groups is 1. The molecule has 0 amide bonds. The number of nitrogens with two attached hydrogens (primary N) is 1. The number of hydrogen-bond donors (Lipinski definition) is 4. The van der Waals surface area contributed by atoms with E-state index in [0.29, 0.717) is 0 Å². The third-order valence-electron chi connectivity index (χ3n) is 2.90. The van der Waals surface area contributed by atoms with Crippen molar-refractivity contribution in [2.45, 2.75) is 24.4 Å². The van der Waals surface area contributed by atoms with Gasteiger partial charge in [-0.15, -0.1) is 0 Å². The van der Waals surface area contributed by atoms with Crippen LogP contribution in [0.4, 0.5) is 26.1 Å². The van der Waals surface area contributed by atoms with E-state index in [-0.39, 0.29) is 0 Å². The van der Waals surface area contributed by atoms with Crippen LogP contribution < -0.4 is 11.1 Å². The number of aliphatic hydroxyl groups is 2. The Morgan fingerprint density at radius 3 is 2.76 bits per heavy atom. The molecule has 10 nitrogen and oxygen atoms in total. The van der Waals surface area contributed by atoms with Crippen molar-refractivity contribution >= 4 is 17.3 Å². The molecule has 2 rings (SSSR count). The third kappa shape index (κ3) is 2.55. The first-order chi connectivity index (χ1) is 9.78. The van der Waals surface area contributed by atoms with Crippen molar-refractivity contribution in [1.29, 1.82) is 0 Å². The number of ether oxygens (including phenoxy) is 1. The van der Waals surface area contributed by atoms with Gasteiger partial charge >= 0.3 is 11.6 Å². The minimum absolute atomic E-state index is 0.476. The van der Waals surface area contributed by atoms with E-state index < -0.39 is 53.2 Å². The Bertz CT molecular complexity index is 559. The lowest BCUT2D eigenvalue weighted by Crippen LogP contribution is -2.42. The van der Waals surface area contributed by atoms with Gasteiger partial charge in [0, 0.05) is 0 Å². The Morgan fingerprint density at radius 1 is 1.57 bits per heavy atom. The summed E-state index contributed by atoms with van der Waals surface area (Å²) < 4.78 is 31.8. The highest BCUT2D eigenvalue weighted by Gasteiger charge is 2.58. The number of nitrogens with zero attached hydrogens (tertiary/aromatic N) is 3. The standard InChI is InChI=1S/C9H11F2N5O5/c10-9(11)3(1-17)21-8(5(9)18)15-7-4(16(19)20)6(12)13-2-14-7/h2-3,5,8,17-18H,1H2,(H3,12,13,14,15). The second-order valence-corrected chi connectivity index (χ2v) is 4.20. The molecular weight excluding hydrogens is 296 g/mol. The van der Waals surface area contributed by atoms with Gasteiger partial charge in [-0.25, -0.2) is 18.7 Å². The highest BCUT2D eigenvalue weighted by atomic mass is 19.3. The average Bonchev–Trinajstić information content (AvgIpc) is 2.61. The summed E-state index contributed by atoms with van der Waals surface area (Å²) in [5, 5.41) is 31.3. The minimum atomic E-state index is -3.72. The van der Waals surface area contributed by atoms with E-state index in [0.717, 1.165) is 6.33 Å². The van der Waals surface area contributed by atoms with Gasteiger partial charge in [0.1, 0.15) is 12.4 Å². The Labute approximate surface area is 115 Å². The van der Waals surface area contributed by atoms with E-state index in [4.69, 9.17) is 15.6 Å². The second-order valence-electron chi connectivity index (χ2n) is 4.20. The number of rotatable bonds is 4. The summed E-state index contributed by atoms with van der Waals surface area (Å²) in [6.45, 7) is -1.03. The molecule has 5 N–H and O–H groups in total. The van der Waals surface area contributed by atoms with Crippen molar-refractivity contribution < 1.29 is 28.7 Å². The van der Waals surface area contributed by atoms with Crippen molar-refractivity contribution in [3.8, 4) is 0 Å². The summed E-state index contributed by atoms with van der Waals surface area (Å²) in [5.41, 5.74) is 4.58. The number of hydrogen-bond acceptors (Lipinski definition) is 9. The Kier molecular flexibility index (Phi) is 3.85. The average molecular weight is 307 g/mol. The lowest BCUT2D eigenvalue weighted by molar-refractivity contribution is -0.383. The van der Waals surface area contributed by atoms with Crippen LogP contribution in [0.2, 0.25) is 0 Å². The van der Waals surface area contributed by atoms with Crippen molar-refractivity contribution in [1.82, 2.24) is 9.97 Å². The lowest BCUT2D eigenvalue weighted by Gasteiger charge is -2.18. The SMILES string of the molecule is Nc1ncnc(NC2OC(CO)C(F)(F)C2O)c1[N+](=O)[O-]. The number of aliphatic hydroxyl groups excluding tert-OH is 2. The molecule has 0 aromatic carbocycles. The number of anilines is 2. The zero-order valence-corrected chi connectivity index (χ0v) is 10.3. The predicted molar refractivity (Wildman–Crippen MR) is 63.4 cm³/mol. The van der Waals surface area contributed by atoms with Gasteiger partial charge in [-0.2, -0.15) is 0 Å². The topological polar surface area (TPSA) is 157 Å². The van der Waals surface area contributed by atoms with Gasteiger partial charge in [-0.1, -0.05) is 0 Å². The first-order valence-electron chi connectivity index (χ1n) is 5.62. The summed E-state index contributed by atoms with van der Waals surface area (Å²) >= 11 is 0. The highest BCUT2D eigenvalue weighted by Crippen LogP contribution is 2.37. The molecule has 12 heteroatoms. The van der Waals surface area contributed by atoms with E-state index in [9.17, 15) is 24.0 Å². The second kappa shape index (κ2) is 5.31. The summed E-state index contributed by atoms with van der Waals surface area (Å²) in [4.78, 5) is 16.9. The van der Waals surface area contributed by atoms with Crippen LogP contribution in [-0.4, -0.2) is 56.1 Å². The summed E-state index contributed by atoms with van der Waals surface area (Å²) in [6, 6.07) is 0. The molecule has 0 saturated carbocycles. The zero-order valence-electron chi connectivity index (χ0n) is 10.3. The van der Waals surface area contributed by atoms with Crippen LogP contribution in [-0.2, 0) is 4.74 Å². The Hall–Kier alpha value is -2.18. The third-order valence-corrected chi connectivity index (χ3v) is 2.90. The van der Waals surface area contributed by atoms with E-state index in [1.807, 2.05) is 0 Å². The van der Waals surface area contributed by atoms with Gasteiger partial charge in [0.25, 0.3) is 0 Å². The fourth-order valence-corrected chi connectivity index (χ4v) is 1.82. The Balaban J connectivity index is 2.28. The fraction of sp³-hybridized carbons (Fsp3) is 0.556. The van der Waals surface area contributed by atoms with Crippen LogP contribution in [0.5, 0.6) is 0 Å². The molecule has 1 saturated heterocycles. The number of nitrogen functional groups attached to an aromatic ring is 1. The molecule has 1 aromatic heterocycles. The van der Waals surface area contributed by atoms with Crippen molar-refractivity contribution in [3.05, 3.63) is 16.4 Å². The van der Waals surface area contributed by atoms with E-state index in [1.54, 1.807) is 0 Å². The largest absolute Gasteiger partial charge is 0.393 e. The first-order valence-corrected chi connectivity index (χ1v) is 5.62. The van der Waals surface area contributed by atoms with Gasteiger partial charge in [0.15, 0.2) is 12.3 Å². The van der Waals surface area contributed by atoms with Crippen LogP contribution in [0.25, 0.3) is 0 Å². The predicted octanol–water partition coefficient (Wildman–Crippen LogP) is -0.908. The van der Waals surface area contributed by atoms with Crippen LogP contribution in [0.3, 0.4) is 0 Å². The van der Waals surface area contributed by atoms with Gasteiger partial charge in [0.2, 0.25) is 11.6 Å². The summed E-state index contributed by atoms with van der Waals surface area (Å²) in [7, 11) is 0. The highest BCUT2D eigenvalue weighted by molar-refractivity contribution is 5.67. The number of halogens is 2. The van der Waals surface area contributed by atoms with Crippen LogP contribution in [0, 0.1) is 10.1 Å². The van der Waals surface area contributed by atoms with Crippen LogP contribution in [0.1, 0.15) is 0 Å². The maximum atomic E-state index is 13.5. The van der Waals surface area contributed by atoms with Crippen LogP contribution >= 0.6 is 0 Å². The molecule has 0 spiro atoms. The quantitative estimate of drug-likeness (QED) is 0.408. The molecule has 0 bridgehead atoms. The number of nitrogens with one attached hydrogen (secondary N) is 1. The van der Waals surface area contributed by atoms with Crippen molar-refractivity contribution in [2.24, 2.45) is 0 Å². The minimum Gasteiger partial charge on any atom is -0.393 e. The van der Waals surface area contributed by atoms with E-state index >= 15 is 0 Å². The molecule has 0 radical (unpaired) electrons.